The van der Waals surface area contributed by atoms with Gasteiger partial charge in [0.1, 0.15) is 5.75 Å². The summed E-state index contributed by atoms with van der Waals surface area (Å²) in [5.41, 5.74) is 6.86. The van der Waals surface area contributed by atoms with Crippen molar-refractivity contribution in [1.82, 2.24) is 4.90 Å². The maximum atomic E-state index is 12.6. The zero-order valence-corrected chi connectivity index (χ0v) is 12.9. The number of phenolic OH excluding ortho intramolecular Hbond substituents is 1. The van der Waals surface area contributed by atoms with E-state index in [4.69, 9.17) is 5.73 Å². The Labute approximate surface area is 131 Å². The fourth-order valence-corrected chi connectivity index (χ4v) is 3.61. The summed E-state index contributed by atoms with van der Waals surface area (Å²) < 4.78 is 0. The Bertz CT molecular complexity index is 526. The summed E-state index contributed by atoms with van der Waals surface area (Å²) in [5.74, 6) is 0.688. The van der Waals surface area contributed by atoms with Crippen molar-refractivity contribution >= 4 is 11.6 Å². The van der Waals surface area contributed by atoms with E-state index in [-0.39, 0.29) is 17.9 Å². The van der Waals surface area contributed by atoms with Gasteiger partial charge in [-0.25, -0.2) is 0 Å². The van der Waals surface area contributed by atoms with Gasteiger partial charge in [0.05, 0.1) is 5.69 Å². The number of phenols is 1. The number of carbonyl (C=O) groups is 1. The third-order valence-electron chi connectivity index (χ3n) is 4.88. The maximum Gasteiger partial charge on any atom is 0.225 e. The van der Waals surface area contributed by atoms with Gasteiger partial charge in [-0.2, -0.15) is 0 Å². The average molecular weight is 303 g/mol. The molecule has 1 aromatic rings. The van der Waals surface area contributed by atoms with Crippen molar-refractivity contribution in [1.29, 1.82) is 0 Å². The van der Waals surface area contributed by atoms with Crippen molar-refractivity contribution < 1.29 is 9.90 Å². The average Bonchev–Trinajstić information content (AvgIpc) is 2.55. The van der Waals surface area contributed by atoms with Crippen LogP contribution in [0.4, 0.5) is 5.69 Å². The van der Waals surface area contributed by atoms with Gasteiger partial charge >= 0.3 is 0 Å². The number of hydrogen-bond acceptors (Lipinski definition) is 4. The number of para-hydroxylation sites is 2. The number of aromatic hydroxyl groups is 1. The molecule has 3 N–H and O–H groups in total. The van der Waals surface area contributed by atoms with E-state index in [0.29, 0.717) is 5.75 Å². The van der Waals surface area contributed by atoms with Crippen LogP contribution in [0.3, 0.4) is 0 Å². The second-order valence-corrected chi connectivity index (χ2v) is 6.42. The summed E-state index contributed by atoms with van der Waals surface area (Å²) in [4.78, 5) is 16.7. The first-order chi connectivity index (χ1) is 10.6. The highest BCUT2D eigenvalue weighted by Crippen LogP contribution is 2.29. The molecule has 0 radical (unpaired) electrons. The highest BCUT2D eigenvalue weighted by molar-refractivity contribution is 5.79. The highest BCUT2D eigenvalue weighted by atomic mass is 16.3. The van der Waals surface area contributed by atoms with Crippen LogP contribution in [0.25, 0.3) is 0 Å². The lowest BCUT2D eigenvalue weighted by molar-refractivity contribution is -0.137. The fourth-order valence-electron chi connectivity index (χ4n) is 3.61. The molecule has 0 aromatic heterocycles. The second-order valence-electron chi connectivity index (χ2n) is 6.42. The van der Waals surface area contributed by atoms with Gasteiger partial charge in [0.25, 0.3) is 0 Å². The van der Waals surface area contributed by atoms with Crippen molar-refractivity contribution in [3.63, 3.8) is 0 Å². The molecule has 5 nitrogen and oxygen atoms in total. The predicted octanol–water partition coefficient (Wildman–Crippen LogP) is 1.56. The minimum absolute atomic E-state index is 0.112. The van der Waals surface area contributed by atoms with Crippen LogP contribution < -0.4 is 10.6 Å². The molecule has 1 saturated carbocycles. The van der Waals surface area contributed by atoms with Gasteiger partial charge in [0.2, 0.25) is 5.91 Å². The van der Waals surface area contributed by atoms with E-state index >= 15 is 0 Å². The Morgan fingerprint density at radius 1 is 1.14 bits per heavy atom. The van der Waals surface area contributed by atoms with Crippen LogP contribution >= 0.6 is 0 Å². The molecule has 1 saturated heterocycles. The van der Waals surface area contributed by atoms with E-state index in [1.807, 2.05) is 23.1 Å². The van der Waals surface area contributed by atoms with Gasteiger partial charge in [0, 0.05) is 38.1 Å². The zero-order chi connectivity index (χ0) is 15.5. The van der Waals surface area contributed by atoms with Crippen LogP contribution in [-0.2, 0) is 4.79 Å². The molecule has 1 aromatic carbocycles. The summed E-state index contributed by atoms with van der Waals surface area (Å²) in [7, 11) is 0. The number of benzene rings is 1. The number of nitrogens with zero attached hydrogens (tertiary/aromatic N) is 2. The first-order valence-electron chi connectivity index (χ1n) is 8.22. The van der Waals surface area contributed by atoms with Crippen molar-refractivity contribution in [2.75, 3.05) is 31.1 Å². The van der Waals surface area contributed by atoms with E-state index in [2.05, 4.69) is 4.90 Å². The van der Waals surface area contributed by atoms with Crippen LogP contribution in [0.1, 0.15) is 25.7 Å². The molecule has 1 amide bonds. The molecule has 1 aliphatic carbocycles. The normalized spacial score (nSPS) is 26.0. The van der Waals surface area contributed by atoms with Gasteiger partial charge < -0.3 is 20.6 Å². The second kappa shape index (κ2) is 6.57. The van der Waals surface area contributed by atoms with E-state index < -0.39 is 0 Å². The molecule has 5 heteroatoms. The van der Waals surface area contributed by atoms with E-state index in [1.54, 1.807) is 6.07 Å². The van der Waals surface area contributed by atoms with E-state index in [0.717, 1.165) is 57.5 Å². The van der Waals surface area contributed by atoms with Crippen LogP contribution in [0, 0.1) is 5.92 Å². The summed E-state index contributed by atoms with van der Waals surface area (Å²) >= 11 is 0. The van der Waals surface area contributed by atoms with Crippen LogP contribution in [0.15, 0.2) is 24.3 Å². The molecule has 22 heavy (non-hydrogen) atoms. The Morgan fingerprint density at radius 3 is 2.55 bits per heavy atom. The number of hydrogen-bond donors (Lipinski definition) is 2. The maximum absolute atomic E-state index is 12.6. The Kier molecular flexibility index (Phi) is 4.52. The number of piperazine rings is 1. The molecule has 3 rings (SSSR count). The molecule has 2 fully saturated rings. The number of anilines is 1. The first kappa shape index (κ1) is 15.2. The lowest BCUT2D eigenvalue weighted by Gasteiger charge is -2.38. The van der Waals surface area contributed by atoms with Crippen LogP contribution in [0.2, 0.25) is 0 Å². The van der Waals surface area contributed by atoms with Gasteiger partial charge in [-0.05, 0) is 31.4 Å². The molecule has 0 spiro atoms. The molecule has 1 heterocycles. The summed E-state index contributed by atoms with van der Waals surface area (Å²) in [6.45, 7) is 2.97. The minimum atomic E-state index is 0.112. The van der Waals surface area contributed by atoms with Crippen LogP contribution in [0.5, 0.6) is 5.75 Å². The number of carbonyl (C=O) groups excluding carboxylic acids is 1. The van der Waals surface area contributed by atoms with Crippen LogP contribution in [-0.4, -0.2) is 48.1 Å². The lowest BCUT2D eigenvalue weighted by Crippen LogP contribution is -2.51. The molecule has 2 aliphatic rings. The number of amides is 1. The third-order valence-corrected chi connectivity index (χ3v) is 4.88. The smallest absolute Gasteiger partial charge is 0.225 e. The van der Waals surface area contributed by atoms with Gasteiger partial charge in [-0.1, -0.05) is 18.6 Å². The molecule has 1 aliphatic heterocycles. The van der Waals surface area contributed by atoms with Crippen molar-refractivity contribution in [2.45, 2.75) is 31.7 Å². The molecule has 2 atom stereocenters. The predicted molar refractivity (Wildman–Crippen MR) is 86.8 cm³/mol. The fraction of sp³-hybridized carbons (Fsp3) is 0.588. The molecular weight excluding hydrogens is 278 g/mol. The minimum Gasteiger partial charge on any atom is -0.506 e. The summed E-state index contributed by atoms with van der Waals surface area (Å²) in [5, 5.41) is 9.93. The van der Waals surface area contributed by atoms with Gasteiger partial charge in [-0.3, -0.25) is 4.79 Å². The van der Waals surface area contributed by atoms with Crippen molar-refractivity contribution in [3.8, 4) is 5.75 Å². The summed E-state index contributed by atoms with van der Waals surface area (Å²) in [6.07, 6.45) is 3.92. The Morgan fingerprint density at radius 2 is 1.86 bits per heavy atom. The molecule has 120 valence electrons. The lowest BCUT2D eigenvalue weighted by atomic mass is 9.85. The molecule has 0 bridgehead atoms. The third kappa shape index (κ3) is 3.19. The molecular formula is C17H25N3O2. The van der Waals surface area contributed by atoms with Gasteiger partial charge in [-0.15, -0.1) is 0 Å². The van der Waals surface area contributed by atoms with E-state index in [9.17, 15) is 9.90 Å². The van der Waals surface area contributed by atoms with Crippen molar-refractivity contribution in [3.05, 3.63) is 24.3 Å². The summed E-state index contributed by atoms with van der Waals surface area (Å²) in [6, 6.07) is 7.56. The highest BCUT2D eigenvalue weighted by Gasteiger charge is 2.31. The van der Waals surface area contributed by atoms with Crippen molar-refractivity contribution in [2.24, 2.45) is 11.7 Å². The first-order valence-corrected chi connectivity index (χ1v) is 8.22. The van der Waals surface area contributed by atoms with Gasteiger partial charge in [0.15, 0.2) is 0 Å². The SMILES string of the molecule is NC1CCCC(C(=O)N2CCN(c3ccccc3O)CC2)C1. The topological polar surface area (TPSA) is 69.8 Å². The Balaban J connectivity index is 1.57. The number of rotatable bonds is 2. The Hall–Kier alpha value is -1.75. The monoisotopic (exact) mass is 303 g/mol. The zero-order valence-electron chi connectivity index (χ0n) is 12.9. The molecule has 2 unspecified atom stereocenters. The quantitative estimate of drug-likeness (QED) is 0.870. The standard InChI is InChI=1S/C17H25N3O2/c18-14-5-3-4-13(12-14)17(22)20-10-8-19(9-11-20)15-6-1-2-7-16(15)21/h1-2,6-7,13-14,21H,3-5,8-12,18H2. The number of nitrogens with two attached hydrogens (primary N) is 1. The van der Waals surface area contributed by atoms with E-state index in [1.165, 1.54) is 0 Å². The largest absolute Gasteiger partial charge is 0.506 e.